The van der Waals surface area contributed by atoms with Gasteiger partial charge in [-0.05, 0) is 36.1 Å². The molecule has 0 spiro atoms. The van der Waals surface area contributed by atoms with Gasteiger partial charge < -0.3 is 10.1 Å². The third-order valence-electron chi connectivity index (χ3n) is 4.91. The zero-order chi connectivity index (χ0) is 19.1. The maximum absolute atomic E-state index is 12.4. The Kier molecular flexibility index (Phi) is 6.88. The van der Waals surface area contributed by atoms with Gasteiger partial charge in [0.1, 0.15) is 6.54 Å². The van der Waals surface area contributed by atoms with E-state index in [0.29, 0.717) is 5.02 Å². The third-order valence-corrected chi connectivity index (χ3v) is 5.16. The first-order valence-electron chi connectivity index (χ1n) is 9.41. The number of amides is 1. The lowest BCUT2D eigenvalue weighted by Gasteiger charge is -2.22. The van der Waals surface area contributed by atoms with E-state index in [1.807, 2.05) is 42.5 Å². The summed E-state index contributed by atoms with van der Waals surface area (Å²) in [5, 5.41) is 3.36. The van der Waals surface area contributed by atoms with E-state index in [9.17, 15) is 9.59 Å². The molecule has 1 N–H and O–H groups in total. The number of nitrogens with one attached hydrogen (secondary N) is 1. The minimum absolute atomic E-state index is 0.0211. The number of benzene rings is 2. The molecular formula is C22H24ClNO3. The molecule has 4 nitrogen and oxygen atoms in total. The first-order chi connectivity index (χ1) is 13.1. The quantitative estimate of drug-likeness (QED) is 0.735. The van der Waals surface area contributed by atoms with Gasteiger partial charge in [0.05, 0.1) is 0 Å². The first-order valence-corrected chi connectivity index (χ1v) is 9.79. The Morgan fingerprint density at radius 3 is 2.26 bits per heavy atom. The molecule has 0 aromatic heterocycles. The highest BCUT2D eigenvalue weighted by atomic mass is 35.5. The Morgan fingerprint density at radius 1 is 0.963 bits per heavy atom. The topological polar surface area (TPSA) is 55.4 Å². The van der Waals surface area contributed by atoms with Crippen molar-refractivity contribution < 1.29 is 14.3 Å². The van der Waals surface area contributed by atoms with Gasteiger partial charge in [0.15, 0.2) is 6.10 Å². The number of hydrogen-bond acceptors (Lipinski definition) is 3. The summed E-state index contributed by atoms with van der Waals surface area (Å²) >= 11 is 5.97. The molecule has 0 bridgehead atoms. The molecule has 5 heteroatoms. The Hall–Kier alpha value is -2.33. The van der Waals surface area contributed by atoms with Gasteiger partial charge in [-0.3, -0.25) is 9.59 Å². The van der Waals surface area contributed by atoms with Crippen LogP contribution in [-0.2, 0) is 14.3 Å². The largest absolute Gasteiger partial charge is 0.451 e. The van der Waals surface area contributed by atoms with Crippen molar-refractivity contribution in [3.05, 3.63) is 70.7 Å². The van der Waals surface area contributed by atoms with Crippen molar-refractivity contribution in [2.45, 2.75) is 38.2 Å². The van der Waals surface area contributed by atoms with Gasteiger partial charge in [-0.1, -0.05) is 73.3 Å². The molecule has 27 heavy (non-hydrogen) atoms. The molecule has 1 unspecified atom stereocenters. The smallest absolute Gasteiger partial charge is 0.326 e. The summed E-state index contributed by atoms with van der Waals surface area (Å²) in [7, 11) is 0. The number of esters is 1. The van der Waals surface area contributed by atoms with E-state index >= 15 is 0 Å². The summed E-state index contributed by atoms with van der Waals surface area (Å²) in [6.45, 7) is -0.119. The summed E-state index contributed by atoms with van der Waals surface area (Å²) < 4.78 is 5.70. The Morgan fingerprint density at radius 2 is 1.59 bits per heavy atom. The van der Waals surface area contributed by atoms with E-state index in [4.69, 9.17) is 16.3 Å². The zero-order valence-corrected chi connectivity index (χ0v) is 16.0. The van der Waals surface area contributed by atoms with E-state index in [0.717, 1.165) is 36.8 Å². The van der Waals surface area contributed by atoms with Crippen LogP contribution in [0.25, 0.3) is 0 Å². The van der Waals surface area contributed by atoms with Gasteiger partial charge in [-0.25, -0.2) is 0 Å². The molecule has 1 aliphatic carbocycles. The van der Waals surface area contributed by atoms with Crippen LogP contribution < -0.4 is 5.32 Å². The molecule has 1 saturated carbocycles. The number of hydrogen-bond donors (Lipinski definition) is 1. The lowest BCUT2D eigenvalue weighted by atomic mass is 9.89. The predicted octanol–water partition coefficient (Wildman–Crippen LogP) is 4.67. The normalized spacial score (nSPS) is 15.7. The van der Waals surface area contributed by atoms with Crippen molar-refractivity contribution in [2.75, 3.05) is 6.54 Å². The highest BCUT2D eigenvalue weighted by molar-refractivity contribution is 6.30. The zero-order valence-electron chi connectivity index (χ0n) is 15.2. The van der Waals surface area contributed by atoms with Crippen molar-refractivity contribution in [1.82, 2.24) is 5.32 Å². The van der Waals surface area contributed by atoms with Crippen molar-refractivity contribution in [2.24, 2.45) is 5.92 Å². The molecule has 0 saturated heterocycles. The van der Waals surface area contributed by atoms with Gasteiger partial charge in [-0.2, -0.15) is 0 Å². The summed E-state index contributed by atoms with van der Waals surface area (Å²) in [5.41, 5.74) is 1.70. The van der Waals surface area contributed by atoms with E-state index in [-0.39, 0.29) is 18.4 Å². The van der Waals surface area contributed by atoms with Crippen molar-refractivity contribution in [3.8, 4) is 0 Å². The van der Waals surface area contributed by atoms with Crippen LogP contribution in [0.5, 0.6) is 0 Å². The fourth-order valence-corrected chi connectivity index (χ4v) is 3.56. The first kappa shape index (κ1) is 19.4. The lowest BCUT2D eigenvalue weighted by molar-refractivity contribution is -0.148. The maximum Gasteiger partial charge on any atom is 0.326 e. The monoisotopic (exact) mass is 385 g/mol. The molecule has 2 aromatic rings. The van der Waals surface area contributed by atoms with Crippen LogP contribution >= 0.6 is 11.6 Å². The second kappa shape index (κ2) is 9.56. The fourth-order valence-electron chi connectivity index (χ4n) is 3.44. The standard InChI is InChI=1S/C22H24ClNO3/c23-19-13-11-17(12-14-19)21(16-7-3-1-4-8-16)27-20(25)15-24-22(26)18-9-5-2-6-10-18/h1,3-4,7-8,11-14,18,21H,2,5-6,9-10,15H2,(H,24,26). The molecule has 1 amide bonds. The maximum atomic E-state index is 12.4. The molecule has 0 radical (unpaired) electrons. The summed E-state index contributed by atoms with van der Waals surface area (Å²) in [6, 6.07) is 16.8. The lowest BCUT2D eigenvalue weighted by Crippen LogP contribution is -2.36. The minimum Gasteiger partial charge on any atom is -0.451 e. The van der Waals surface area contributed by atoms with Crippen molar-refractivity contribution >= 4 is 23.5 Å². The Bertz CT molecular complexity index is 755. The molecule has 2 aromatic carbocycles. The number of ether oxygens (including phenoxy) is 1. The van der Waals surface area contributed by atoms with Gasteiger partial charge in [0.25, 0.3) is 0 Å². The third kappa shape index (κ3) is 5.57. The van der Waals surface area contributed by atoms with Crippen LogP contribution in [0.15, 0.2) is 54.6 Å². The highest BCUT2D eigenvalue weighted by Crippen LogP contribution is 2.27. The van der Waals surface area contributed by atoms with Gasteiger partial charge in [0.2, 0.25) is 5.91 Å². The Labute approximate surface area is 164 Å². The summed E-state index contributed by atoms with van der Waals surface area (Å²) in [6.07, 6.45) is 4.61. The van der Waals surface area contributed by atoms with Crippen molar-refractivity contribution in [1.29, 1.82) is 0 Å². The number of carbonyl (C=O) groups is 2. The molecule has 0 aliphatic heterocycles. The number of rotatable bonds is 6. The van der Waals surface area contributed by atoms with Gasteiger partial charge >= 0.3 is 5.97 Å². The molecule has 1 aliphatic rings. The predicted molar refractivity (Wildman–Crippen MR) is 105 cm³/mol. The van der Waals surface area contributed by atoms with Gasteiger partial charge in [0, 0.05) is 10.9 Å². The van der Waals surface area contributed by atoms with Crippen LogP contribution in [0.1, 0.15) is 49.3 Å². The van der Waals surface area contributed by atoms with Crippen molar-refractivity contribution in [3.63, 3.8) is 0 Å². The van der Waals surface area contributed by atoms with E-state index in [1.54, 1.807) is 12.1 Å². The van der Waals surface area contributed by atoms with E-state index in [2.05, 4.69) is 5.32 Å². The SMILES string of the molecule is O=C(CNC(=O)C1CCCCC1)OC(c1ccccc1)c1ccc(Cl)cc1. The van der Waals surface area contributed by atoms with Crippen LogP contribution in [0, 0.1) is 5.92 Å². The molecule has 3 rings (SSSR count). The Balaban J connectivity index is 1.64. The van der Waals surface area contributed by atoms with Gasteiger partial charge in [-0.15, -0.1) is 0 Å². The molecule has 1 atom stereocenters. The highest BCUT2D eigenvalue weighted by Gasteiger charge is 2.23. The second-order valence-electron chi connectivity index (χ2n) is 6.88. The molecule has 142 valence electrons. The average Bonchev–Trinajstić information content (AvgIpc) is 2.72. The van der Waals surface area contributed by atoms with Crippen LogP contribution in [0.2, 0.25) is 5.02 Å². The fraction of sp³-hybridized carbons (Fsp3) is 0.364. The van der Waals surface area contributed by atoms with E-state index < -0.39 is 12.1 Å². The molecular weight excluding hydrogens is 362 g/mol. The molecule has 1 fully saturated rings. The van der Waals surface area contributed by atoms with Crippen LogP contribution in [-0.4, -0.2) is 18.4 Å². The molecule has 0 heterocycles. The number of halogens is 1. The summed E-state index contributed by atoms with van der Waals surface area (Å²) in [5.74, 6) is -0.481. The van der Waals surface area contributed by atoms with Crippen LogP contribution in [0.4, 0.5) is 0 Å². The summed E-state index contributed by atoms with van der Waals surface area (Å²) in [4.78, 5) is 24.6. The number of carbonyl (C=O) groups excluding carboxylic acids is 2. The second-order valence-corrected chi connectivity index (χ2v) is 7.32. The van der Waals surface area contributed by atoms with E-state index in [1.165, 1.54) is 6.42 Å². The van der Waals surface area contributed by atoms with Crippen LogP contribution in [0.3, 0.4) is 0 Å². The minimum atomic E-state index is -0.539. The average molecular weight is 386 g/mol.